The normalized spacial score (nSPS) is 13.6. The maximum Gasteiger partial charge on any atom is 0.120 e. The lowest BCUT2D eigenvalue weighted by atomic mass is 10.1. The Kier molecular flexibility index (Phi) is 7.57. The minimum Gasteiger partial charge on any atom is -0.491 e. The number of nitrogens with one attached hydrogen (secondary N) is 1. The van der Waals surface area contributed by atoms with E-state index in [2.05, 4.69) is 34.1 Å². The minimum atomic E-state index is -0.550. The summed E-state index contributed by atoms with van der Waals surface area (Å²) in [7, 11) is 0. The Hall–Kier alpha value is -1.02. The van der Waals surface area contributed by atoms with Crippen LogP contribution in [0.1, 0.15) is 19.8 Å². The van der Waals surface area contributed by atoms with Crippen molar-refractivity contribution in [3.8, 4) is 18.1 Å². The molecule has 0 spiro atoms. The van der Waals surface area contributed by atoms with Gasteiger partial charge in [0.25, 0.3) is 0 Å². The van der Waals surface area contributed by atoms with E-state index < -0.39 is 6.10 Å². The van der Waals surface area contributed by atoms with Crippen molar-refractivity contribution in [2.24, 2.45) is 0 Å². The quantitative estimate of drug-likeness (QED) is 0.722. The maximum atomic E-state index is 9.84. The molecule has 1 aromatic carbocycles. The van der Waals surface area contributed by atoms with Crippen LogP contribution in [0.5, 0.6) is 5.75 Å². The van der Waals surface area contributed by atoms with E-state index in [0.29, 0.717) is 13.0 Å². The smallest absolute Gasteiger partial charge is 0.120 e. The van der Waals surface area contributed by atoms with Crippen molar-refractivity contribution >= 4 is 15.9 Å². The molecule has 4 heteroatoms. The number of rotatable bonds is 8. The van der Waals surface area contributed by atoms with Gasteiger partial charge in [0.05, 0.1) is 0 Å². The van der Waals surface area contributed by atoms with Gasteiger partial charge in [0, 0.05) is 23.5 Å². The van der Waals surface area contributed by atoms with Crippen molar-refractivity contribution < 1.29 is 9.84 Å². The van der Waals surface area contributed by atoms with Crippen molar-refractivity contribution in [3.05, 3.63) is 28.7 Å². The van der Waals surface area contributed by atoms with Crippen LogP contribution in [0.25, 0.3) is 0 Å². The molecule has 19 heavy (non-hydrogen) atoms. The minimum absolute atomic E-state index is 0.255. The van der Waals surface area contributed by atoms with Gasteiger partial charge in [0.1, 0.15) is 18.5 Å². The molecule has 0 aliphatic carbocycles. The number of ether oxygens (including phenoxy) is 1. The number of hydrogen-bond donors (Lipinski definition) is 2. The first-order valence-electron chi connectivity index (χ1n) is 6.39. The van der Waals surface area contributed by atoms with Crippen LogP contribution >= 0.6 is 15.9 Å². The van der Waals surface area contributed by atoms with E-state index in [1.165, 1.54) is 0 Å². The molecule has 0 radical (unpaired) electrons. The van der Waals surface area contributed by atoms with Gasteiger partial charge in [-0.2, -0.15) is 0 Å². The van der Waals surface area contributed by atoms with Gasteiger partial charge >= 0.3 is 0 Å². The number of hydrogen-bond acceptors (Lipinski definition) is 3. The zero-order valence-electron chi connectivity index (χ0n) is 11.1. The van der Waals surface area contributed by atoms with Gasteiger partial charge in [0.15, 0.2) is 0 Å². The molecule has 2 atom stereocenters. The molecule has 0 aliphatic heterocycles. The van der Waals surface area contributed by atoms with E-state index in [9.17, 15) is 5.11 Å². The average molecular weight is 326 g/mol. The third kappa shape index (κ3) is 6.63. The van der Waals surface area contributed by atoms with Crippen LogP contribution < -0.4 is 10.1 Å². The van der Waals surface area contributed by atoms with Crippen molar-refractivity contribution in [3.63, 3.8) is 0 Å². The van der Waals surface area contributed by atoms with Crippen molar-refractivity contribution in [1.82, 2.24) is 5.32 Å². The molecule has 2 unspecified atom stereocenters. The zero-order valence-corrected chi connectivity index (χ0v) is 12.7. The van der Waals surface area contributed by atoms with Crippen LogP contribution in [0, 0.1) is 12.3 Å². The molecule has 3 nitrogen and oxygen atoms in total. The Morgan fingerprint density at radius 2 is 2.32 bits per heavy atom. The predicted molar refractivity (Wildman–Crippen MR) is 81.2 cm³/mol. The summed E-state index contributed by atoms with van der Waals surface area (Å²) >= 11 is 3.37. The van der Waals surface area contributed by atoms with E-state index in [1.54, 1.807) is 0 Å². The Morgan fingerprint density at radius 1 is 1.53 bits per heavy atom. The molecule has 0 heterocycles. The summed E-state index contributed by atoms with van der Waals surface area (Å²) in [6.45, 7) is 2.81. The highest BCUT2D eigenvalue weighted by atomic mass is 79.9. The third-order valence-corrected chi connectivity index (χ3v) is 3.23. The molecule has 0 amide bonds. The number of terminal acetylenes is 1. The molecule has 1 aromatic rings. The first kappa shape index (κ1) is 16.0. The summed E-state index contributed by atoms with van der Waals surface area (Å²) in [5.74, 6) is 3.37. The molecule has 1 rings (SSSR count). The molecule has 0 saturated carbocycles. The van der Waals surface area contributed by atoms with Crippen LogP contribution in [0.2, 0.25) is 0 Å². The standard InChI is InChI=1S/C15H20BrNO2/c1-3-6-13(4-2)17-10-14(18)11-19-15-8-5-7-12(16)9-15/h1,5,7-9,13-14,17-18H,4,6,10-11H2,2H3. The summed E-state index contributed by atoms with van der Waals surface area (Å²) in [6.07, 6.45) is 6.35. The Bertz CT molecular complexity index is 417. The van der Waals surface area contributed by atoms with Gasteiger partial charge in [-0.1, -0.05) is 28.9 Å². The molecule has 0 saturated heterocycles. The Labute approximate surface area is 123 Å². The summed E-state index contributed by atoms with van der Waals surface area (Å²) in [4.78, 5) is 0. The number of aliphatic hydroxyl groups is 1. The van der Waals surface area contributed by atoms with Crippen molar-refractivity contribution in [1.29, 1.82) is 0 Å². The second kappa shape index (κ2) is 8.98. The molecule has 2 N–H and O–H groups in total. The highest BCUT2D eigenvalue weighted by Gasteiger charge is 2.09. The van der Waals surface area contributed by atoms with Crippen LogP contribution in [-0.4, -0.2) is 30.4 Å². The average Bonchev–Trinajstić information content (AvgIpc) is 2.41. The number of halogens is 1. The zero-order chi connectivity index (χ0) is 14.1. The Balaban J connectivity index is 2.28. The fourth-order valence-corrected chi connectivity index (χ4v) is 1.99. The van der Waals surface area contributed by atoms with E-state index in [1.807, 2.05) is 24.3 Å². The van der Waals surface area contributed by atoms with Gasteiger partial charge in [-0.25, -0.2) is 0 Å². The SMILES string of the molecule is C#CCC(CC)NCC(O)COc1cccc(Br)c1. The third-order valence-electron chi connectivity index (χ3n) is 2.74. The fraction of sp³-hybridized carbons (Fsp3) is 0.467. The molecule has 0 aliphatic rings. The van der Waals surface area contributed by atoms with Crippen LogP contribution in [0.3, 0.4) is 0 Å². The highest BCUT2D eigenvalue weighted by Crippen LogP contribution is 2.17. The lowest BCUT2D eigenvalue weighted by molar-refractivity contribution is 0.103. The molecule has 0 aromatic heterocycles. The first-order chi connectivity index (χ1) is 9.15. The number of aliphatic hydroxyl groups excluding tert-OH is 1. The van der Waals surface area contributed by atoms with Gasteiger partial charge in [-0.15, -0.1) is 12.3 Å². The highest BCUT2D eigenvalue weighted by molar-refractivity contribution is 9.10. The molecular formula is C15H20BrNO2. The predicted octanol–water partition coefficient (Wildman–Crippen LogP) is 2.58. The largest absolute Gasteiger partial charge is 0.491 e. The summed E-state index contributed by atoms with van der Waals surface area (Å²) in [5.41, 5.74) is 0. The number of benzene rings is 1. The van der Waals surface area contributed by atoms with E-state index in [-0.39, 0.29) is 12.6 Å². The van der Waals surface area contributed by atoms with Gasteiger partial charge in [-0.05, 0) is 24.6 Å². The second-order valence-corrected chi connectivity index (χ2v) is 5.26. The van der Waals surface area contributed by atoms with Gasteiger partial charge < -0.3 is 15.2 Å². The van der Waals surface area contributed by atoms with Crippen LogP contribution in [0.15, 0.2) is 28.7 Å². The summed E-state index contributed by atoms with van der Waals surface area (Å²) in [5, 5.41) is 13.1. The van der Waals surface area contributed by atoms with Crippen molar-refractivity contribution in [2.75, 3.05) is 13.2 Å². The summed E-state index contributed by atoms with van der Waals surface area (Å²) < 4.78 is 6.47. The maximum absolute atomic E-state index is 9.84. The van der Waals surface area contributed by atoms with Crippen molar-refractivity contribution in [2.45, 2.75) is 31.9 Å². The van der Waals surface area contributed by atoms with Gasteiger partial charge in [-0.3, -0.25) is 0 Å². The first-order valence-corrected chi connectivity index (χ1v) is 7.18. The van der Waals surface area contributed by atoms with Gasteiger partial charge in [0.2, 0.25) is 0 Å². The fourth-order valence-electron chi connectivity index (χ4n) is 1.61. The molecule has 0 bridgehead atoms. The molecule has 0 fully saturated rings. The molecule has 104 valence electrons. The van der Waals surface area contributed by atoms with Crippen LogP contribution in [0.4, 0.5) is 0 Å². The molecular weight excluding hydrogens is 306 g/mol. The Morgan fingerprint density at radius 3 is 2.95 bits per heavy atom. The van der Waals surface area contributed by atoms with E-state index in [0.717, 1.165) is 16.6 Å². The lowest BCUT2D eigenvalue weighted by Crippen LogP contribution is -2.37. The lowest BCUT2D eigenvalue weighted by Gasteiger charge is -2.18. The second-order valence-electron chi connectivity index (χ2n) is 4.34. The summed E-state index contributed by atoms with van der Waals surface area (Å²) in [6, 6.07) is 7.80. The van der Waals surface area contributed by atoms with Crippen LogP contribution in [-0.2, 0) is 0 Å². The monoisotopic (exact) mass is 325 g/mol. The van der Waals surface area contributed by atoms with E-state index in [4.69, 9.17) is 11.2 Å². The van der Waals surface area contributed by atoms with E-state index >= 15 is 0 Å². The topological polar surface area (TPSA) is 41.5 Å².